The van der Waals surface area contributed by atoms with Gasteiger partial charge in [0.1, 0.15) is 5.82 Å². The van der Waals surface area contributed by atoms with Crippen LogP contribution in [0.1, 0.15) is 35.4 Å². The number of hydrogen-bond donors (Lipinski definition) is 1. The average Bonchev–Trinajstić information content (AvgIpc) is 3.36. The summed E-state index contributed by atoms with van der Waals surface area (Å²) >= 11 is 0. The van der Waals surface area contributed by atoms with Gasteiger partial charge in [-0.2, -0.15) is 26.3 Å². The fraction of sp³-hybridized carbons (Fsp3) is 0.481. The first-order valence-electron chi connectivity index (χ1n) is 12.7. The van der Waals surface area contributed by atoms with Gasteiger partial charge in [0.05, 0.1) is 17.2 Å². The summed E-state index contributed by atoms with van der Waals surface area (Å²) in [6.07, 6.45) is -8.84. The largest absolute Gasteiger partial charge is 0.416 e. The van der Waals surface area contributed by atoms with E-state index in [1.54, 1.807) is 4.90 Å². The molecule has 0 bridgehead atoms. The smallest absolute Gasteiger partial charge is 0.340 e. The van der Waals surface area contributed by atoms with Crippen molar-refractivity contribution >= 4 is 17.6 Å². The molecule has 2 aromatic carbocycles. The second-order valence-corrected chi connectivity index (χ2v) is 10.2. The van der Waals surface area contributed by atoms with Crippen molar-refractivity contribution in [3.63, 3.8) is 0 Å². The summed E-state index contributed by atoms with van der Waals surface area (Å²) in [5, 5.41) is 3.19. The zero-order chi connectivity index (χ0) is 29.4. The molecule has 13 heteroatoms. The number of amides is 3. The minimum atomic E-state index is -5.07. The lowest BCUT2D eigenvalue weighted by molar-refractivity contribution is -0.143. The summed E-state index contributed by atoms with van der Waals surface area (Å²) in [4.78, 5) is 30.4. The Morgan fingerprint density at radius 2 is 1.43 bits per heavy atom. The molecule has 40 heavy (non-hydrogen) atoms. The predicted molar refractivity (Wildman–Crippen MR) is 133 cm³/mol. The molecule has 4 rings (SSSR count). The van der Waals surface area contributed by atoms with E-state index in [2.05, 4.69) is 5.32 Å². The van der Waals surface area contributed by atoms with Crippen LogP contribution in [0.25, 0.3) is 0 Å². The van der Waals surface area contributed by atoms with Crippen molar-refractivity contribution in [2.75, 3.05) is 45.2 Å². The summed E-state index contributed by atoms with van der Waals surface area (Å²) in [5.74, 6) is -1.22. The highest BCUT2D eigenvalue weighted by molar-refractivity contribution is 5.92. The van der Waals surface area contributed by atoms with Gasteiger partial charge in [0.15, 0.2) is 0 Å². The Kier molecular flexibility index (Phi) is 8.34. The number of carbonyl (C=O) groups is 2. The number of likely N-dealkylation sites (tertiary alicyclic amines) is 1. The van der Waals surface area contributed by atoms with E-state index in [4.69, 9.17) is 0 Å². The molecule has 2 unspecified atom stereocenters. The van der Waals surface area contributed by atoms with Crippen LogP contribution in [0.15, 0.2) is 42.5 Å². The molecule has 2 fully saturated rings. The quantitative estimate of drug-likeness (QED) is 0.502. The van der Waals surface area contributed by atoms with Crippen LogP contribution in [0.5, 0.6) is 0 Å². The number of anilines is 1. The standard InChI is InChI=1S/C27H29F7N4O2/c1-36(21-12-18(26(29,30)31)11-19(13-21)27(32,33)34)25(40)37(2)23-15-38(24(39)17-7-9-35-10-8-17)14-22(23)16-3-5-20(28)6-4-16/h3-6,11-13,17,22-23,35H,7-10,14-15H2,1-2H3. The number of likely N-dealkylation sites (N-methyl/N-ethyl adjacent to an activating group) is 1. The number of nitrogens with zero attached hydrogens (tertiary/aromatic N) is 3. The van der Waals surface area contributed by atoms with Crippen LogP contribution >= 0.6 is 0 Å². The van der Waals surface area contributed by atoms with Crippen molar-refractivity contribution < 1.29 is 40.3 Å². The SMILES string of the molecule is CN(C(=O)N(C)C1CN(C(=O)C2CCNCC2)CC1c1ccc(F)cc1)c1cc(C(F)(F)F)cc(C(F)(F)F)c1. The highest BCUT2D eigenvalue weighted by Crippen LogP contribution is 2.39. The van der Waals surface area contributed by atoms with E-state index < -0.39 is 53.0 Å². The fourth-order valence-electron chi connectivity index (χ4n) is 5.34. The van der Waals surface area contributed by atoms with Crippen LogP contribution in [-0.2, 0) is 17.1 Å². The van der Waals surface area contributed by atoms with Crippen molar-refractivity contribution in [1.82, 2.24) is 15.1 Å². The summed E-state index contributed by atoms with van der Waals surface area (Å²) in [6, 6.07) is 5.01. The van der Waals surface area contributed by atoms with Crippen molar-refractivity contribution in [2.24, 2.45) is 5.92 Å². The van der Waals surface area contributed by atoms with E-state index in [0.29, 0.717) is 43.6 Å². The molecule has 1 N–H and O–H groups in total. The molecule has 2 atom stereocenters. The highest BCUT2D eigenvalue weighted by Gasteiger charge is 2.43. The zero-order valence-corrected chi connectivity index (χ0v) is 21.8. The molecule has 6 nitrogen and oxygen atoms in total. The molecule has 2 saturated heterocycles. The Hall–Kier alpha value is -3.35. The van der Waals surface area contributed by atoms with Crippen LogP contribution in [0.4, 0.5) is 41.2 Å². The van der Waals surface area contributed by atoms with Gasteiger partial charge in [-0.1, -0.05) is 12.1 Å². The summed E-state index contributed by atoms with van der Waals surface area (Å²) < 4.78 is 94.0. The van der Waals surface area contributed by atoms with Crippen LogP contribution in [0.3, 0.4) is 0 Å². The van der Waals surface area contributed by atoms with Gasteiger partial charge in [0, 0.05) is 44.7 Å². The second kappa shape index (κ2) is 11.3. The number of urea groups is 1. The minimum absolute atomic E-state index is 0.00264. The fourth-order valence-corrected chi connectivity index (χ4v) is 5.34. The van der Waals surface area contributed by atoms with Crippen LogP contribution in [0.2, 0.25) is 0 Å². The molecule has 0 aliphatic carbocycles. The van der Waals surface area contributed by atoms with E-state index >= 15 is 0 Å². The lowest BCUT2D eigenvalue weighted by Gasteiger charge is -2.33. The number of halogens is 7. The van der Waals surface area contributed by atoms with Crippen molar-refractivity contribution in [3.05, 3.63) is 65.0 Å². The van der Waals surface area contributed by atoms with Crippen LogP contribution < -0.4 is 10.2 Å². The van der Waals surface area contributed by atoms with Gasteiger partial charge in [-0.3, -0.25) is 9.69 Å². The maximum atomic E-state index is 13.6. The van der Waals surface area contributed by atoms with Crippen LogP contribution in [-0.4, -0.2) is 68.1 Å². The van der Waals surface area contributed by atoms with E-state index in [1.165, 1.54) is 36.2 Å². The number of hydrogen-bond acceptors (Lipinski definition) is 3. The van der Waals surface area contributed by atoms with Gasteiger partial charge in [0.25, 0.3) is 0 Å². The van der Waals surface area contributed by atoms with Crippen LogP contribution in [0, 0.1) is 11.7 Å². The summed E-state index contributed by atoms with van der Waals surface area (Å²) in [5.41, 5.74) is -3.02. The topological polar surface area (TPSA) is 55.9 Å². The van der Waals surface area contributed by atoms with E-state index in [9.17, 15) is 40.3 Å². The molecule has 0 aromatic heterocycles. The average molecular weight is 575 g/mol. The molecule has 2 aliphatic rings. The lowest BCUT2D eigenvalue weighted by atomic mass is 9.93. The van der Waals surface area contributed by atoms with Gasteiger partial charge >= 0.3 is 18.4 Å². The van der Waals surface area contributed by atoms with Gasteiger partial charge in [-0.15, -0.1) is 0 Å². The number of benzene rings is 2. The Labute approximate surface area is 226 Å². The number of alkyl halides is 6. The summed E-state index contributed by atoms with van der Waals surface area (Å²) in [6.45, 7) is 1.71. The number of piperidine rings is 1. The zero-order valence-electron chi connectivity index (χ0n) is 21.8. The van der Waals surface area contributed by atoms with Gasteiger partial charge < -0.3 is 15.1 Å². The van der Waals surface area contributed by atoms with Gasteiger partial charge in [-0.25, -0.2) is 9.18 Å². The molecule has 0 spiro atoms. The lowest BCUT2D eigenvalue weighted by Crippen LogP contribution is -2.48. The normalized spacial score (nSPS) is 20.5. The molecule has 0 saturated carbocycles. The van der Waals surface area contributed by atoms with Gasteiger partial charge in [-0.05, 0) is 61.8 Å². The molecular formula is C27H29F7N4O2. The highest BCUT2D eigenvalue weighted by atomic mass is 19.4. The Morgan fingerprint density at radius 1 is 0.875 bits per heavy atom. The summed E-state index contributed by atoms with van der Waals surface area (Å²) in [7, 11) is 2.48. The number of rotatable bonds is 4. The Morgan fingerprint density at radius 3 is 1.95 bits per heavy atom. The first-order chi connectivity index (χ1) is 18.7. The maximum absolute atomic E-state index is 13.6. The monoisotopic (exact) mass is 574 g/mol. The van der Waals surface area contributed by atoms with Crippen molar-refractivity contribution in [1.29, 1.82) is 0 Å². The van der Waals surface area contributed by atoms with E-state index in [0.717, 1.165) is 11.9 Å². The predicted octanol–water partition coefficient (Wildman–Crippen LogP) is 5.35. The Balaban J connectivity index is 1.63. The third-order valence-electron chi connectivity index (χ3n) is 7.63. The molecule has 2 heterocycles. The number of nitrogens with one attached hydrogen (secondary N) is 1. The number of carbonyl (C=O) groups excluding carboxylic acids is 2. The third kappa shape index (κ3) is 6.34. The third-order valence-corrected chi connectivity index (χ3v) is 7.63. The molecule has 2 aromatic rings. The molecular weight excluding hydrogens is 545 g/mol. The second-order valence-electron chi connectivity index (χ2n) is 10.2. The van der Waals surface area contributed by atoms with E-state index in [-0.39, 0.29) is 31.0 Å². The first kappa shape index (κ1) is 29.6. The van der Waals surface area contributed by atoms with E-state index in [1.807, 2.05) is 0 Å². The minimum Gasteiger partial charge on any atom is -0.340 e. The molecule has 218 valence electrons. The molecule has 2 aliphatic heterocycles. The first-order valence-corrected chi connectivity index (χ1v) is 12.7. The maximum Gasteiger partial charge on any atom is 0.416 e. The molecule has 3 amide bonds. The van der Waals surface area contributed by atoms with Crippen molar-refractivity contribution in [2.45, 2.75) is 37.2 Å². The van der Waals surface area contributed by atoms with Gasteiger partial charge in [0.2, 0.25) is 5.91 Å². The van der Waals surface area contributed by atoms with Crippen molar-refractivity contribution in [3.8, 4) is 0 Å². The Bertz CT molecular complexity index is 1190. The molecule has 0 radical (unpaired) electrons.